The number of hydrogen-bond acceptors (Lipinski definition) is 8. The van der Waals surface area contributed by atoms with Crippen LogP contribution in [0.5, 0.6) is 0 Å². The van der Waals surface area contributed by atoms with E-state index in [9.17, 15) is 14.7 Å². The molecule has 3 atom stereocenters. The number of carbonyl (C=O) groups excluding carboxylic acids is 1. The molecule has 2 N–H and O–H groups in total. The Kier molecular flexibility index (Phi) is 7.94. The van der Waals surface area contributed by atoms with Crippen molar-refractivity contribution in [2.24, 2.45) is 7.05 Å². The minimum absolute atomic E-state index is 0.0255. The van der Waals surface area contributed by atoms with Gasteiger partial charge in [-0.3, -0.25) is 14.9 Å². The summed E-state index contributed by atoms with van der Waals surface area (Å²) in [6.07, 6.45) is 3.09. The SMILES string of the molecule is Cc1cc(-c2nc3cc(CNC(C(=O)OC4CCOC4)C(C)O)ccc3n2C2CCOCC2)cn(C)c1=O. The third-order valence-corrected chi connectivity index (χ3v) is 7.36. The third kappa shape index (κ3) is 5.54. The van der Waals surface area contributed by atoms with Crippen LogP contribution in [0.2, 0.25) is 0 Å². The molecule has 3 aromatic rings. The molecule has 0 bridgehead atoms. The van der Waals surface area contributed by atoms with Crippen molar-refractivity contribution in [1.29, 1.82) is 0 Å². The maximum absolute atomic E-state index is 12.7. The van der Waals surface area contributed by atoms with Crippen molar-refractivity contribution in [3.05, 3.63) is 51.9 Å². The number of esters is 1. The van der Waals surface area contributed by atoms with Gasteiger partial charge < -0.3 is 28.5 Å². The summed E-state index contributed by atoms with van der Waals surface area (Å²) in [5.74, 6) is 0.340. The van der Waals surface area contributed by atoms with E-state index in [4.69, 9.17) is 19.2 Å². The van der Waals surface area contributed by atoms with Crippen LogP contribution < -0.4 is 10.9 Å². The summed E-state index contributed by atoms with van der Waals surface area (Å²) in [6.45, 7) is 6.11. The van der Waals surface area contributed by atoms with Crippen LogP contribution in [0.25, 0.3) is 22.4 Å². The van der Waals surface area contributed by atoms with Gasteiger partial charge >= 0.3 is 5.97 Å². The largest absolute Gasteiger partial charge is 0.459 e. The van der Waals surface area contributed by atoms with Crippen LogP contribution in [0.3, 0.4) is 0 Å². The number of carbonyl (C=O) groups is 1. The van der Waals surface area contributed by atoms with Crippen molar-refractivity contribution >= 4 is 17.0 Å². The Hall–Kier alpha value is -3.05. The van der Waals surface area contributed by atoms with E-state index in [2.05, 4.69) is 16.0 Å². The lowest BCUT2D eigenvalue weighted by atomic mass is 10.1. The van der Waals surface area contributed by atoms with E-state index in [0.717, 1.165) is 40.8 Å². The number of aromatic nitrogens is 3. The fraction of sp³-hybridized carbons (Fsp3) is 0.536. The van der Waals surface area contributed by atoms with E-state index in [0.29, 0.717) is 45.0 Å². The summed E-state index contributed by atoms with van der Waals surface area (Å²) in [6, 6.07) is 7.35. The van der Waals surface area contributed by atoms with Gasteiger partial charge in [0.2, 0.25) is 0 Å². The first-order valence-corrected chi connectivity index (χ1v) is 13.3. The Bertz CT molecular complexity index is 1330. The number of rotatable bonds is 8. The van der Waals surface area contributed by atoms with E-state index in [1.807, 2.05) is 31.3 Å². The quantitative estimate of drug-likeness (QED) is 0.431. The average molecular weight is 525 g/mol. The number of pyridine rings is 1. The lowest BCUT2D eigenvalue weighted by Gasteiger charge is -2.26. The van der Waals surface area contributed by atoms with Gasteiger partial charge in [-0.05, 0) is 50.5 Å². The summed E-state index contributed by atoms with van der Waals surface area (Å²) in [5.41, 5.74) is 4.30. The minimum Gasteiger partial charge on any atom is -0.459 e. The molecular weight excluding hydrogens is 488 g/mol. The molecule has 0 amide bonds. The van der Waals surface area contributed by atoms with Crippen molar-refractivity contribution in [1.82, 2.24) is 19.4 Å². The average Bonchev–Trinajstić information content (AvgIpc) is 3.55. The molecule has 2 aromatic heterocycles. The molecule has 4 heterocycles. The van der Waals surface area contributed by atoms with Gasteiger partial charge in [0.25, 0.3) is 5.56 Å². The normalized spacial score (nSPS) is 20.1. The molecule has 0 saturated carbocycles. The summed E-state index contributed by atoms with van der Waals surface area (Å²) in [4.78, 5) is 30.0. The molecule has 2 aliphatic rings. The number of aliphatic hydroxyl groups is 1. The predicted octanol–water partition coefficient (Wildman–Crippen LogP) is 2.23. The van der Waals surface area contributed by atoms with Gasteiger partial charge in [0, 0.05) is 56.6 Å². The van der Waals surface area contributed by atoms with Gasteiger partial charge in [-0.25, -0.2) is 4.98 Å². The van der Waals surface area contributed by atoms with Gasteiger partial charge in [0.1, 0.15) is 18.0 Å². The second-order valence-corrected chi connectivity index (χ2v) is 10.3. The molecule has 204 valence electrons. The van der Waals surface area contributed by atoms with Gasteiger partial charge in [0.05, 0.1) is 30.4 Å². The van der Waals surface area contributed by atoms with Crippen molar-refractivity contribution in [3.63, 3.8) is 0 Å². The Morgan fingerprint density at radius 2 is 1.97 bits per heavy atom. The molecule has 2 aliphatic heterocycles. The van der Waals surface area contributed by atoms with E-state index in [-0.39, 0.29) is 17.7 Å². The second-order valence-electron chi connectivity index (χ2n) is 10.3. The molecule has 2 fully saturated rings. The second kappa shape index (κ2) is 11.4. The minimum atomic E-state index is -0.916. The number of nitrogens with zero attached hydrogens (tertiary/aromatic N) is 3. The van der Waals surface area contributed by atoms with Crippen LogP contribution in [0.1, 0.15) is 43.4 Å². The van der Waals surface area contributed by atoms with E-state index >= 15 is 0 Å². The highest BCUT2D eigenvalue weighted by Crippen LogP contribution is 2.33. The number of fused-ring (bicyclic) bond motifs is 1. The predicted molar refractivity (Wildman–Crippen MR) is 142 cm³/mol. The molecule has 10 nitrogen and oxygen atoms in total. The summed E-state index contributed by atoms with van der Waals surface area (Å²) >= 11 is 0. The number of hydrogen-bond donors (Lipinski definition) is 2. The Labute approximate surface area is 221 Å². The molecule has 0 aliphatic carbocycles. The van der Waals surface area contributed by atoms with Crippen molar-refractivity contribution in [2.45, 2.75) is 63.9 Å². The number of aryl methyl sites for hydroxylation is 2. The van der Waals surface area contributed by atoms with Gasteiger partial charge in [0.15, 0.2) is 0 Å². The van der Waals surface area contributed by atoms with Gasteiger partial charge in [-0.1, -0.05) is 6.07 Å². The maximum Gasteiger partial charge on any atom is 0.326 e. The highest BCUT2D eigenvalue weighted by molar-refractivity contribution is 5.82. The lowest BCUT2D eigenvalue weighted by Crippen LogP contribution is -2.46. The Morgan fingerprint density at radius 3 is 2.66 bits per heavy atom. The molecular formula is C28H36N4O6. The first-order chi connectivity index (χ1) is 18.3. The fourth-order valence-electron chi connectivity index (χ4n) is 5.29. The summed E-state index contributed by atoms with van der Waals surface area (Å²) in [5, 5.41) is 13.4. The number of nitrogens with one attached hydrogen (secondary N) is 1. The number of aliphatic hydroxyl groups excluding tert-OH is 1. The van der Waals surface area contributed by atoms with Gasteiger partial charge in [-0.2, -0.15) is 0 Å². The molecule has 0 spiro atoms. The zero-order valence-corrected chi connectivity index (χ0v) is 22.2. The Balaban J connectivity index is 1.43. The van der Waals surface area contributed by atoms with Crippen LogP contribution >= 0.6 is 0 Å². The van der Waals surface area contributed by atoms with Crippen molar-refractivity contribution in [3.8, 4) is 11.4 Å². The summed E-state index contributed by atoms with van der Waals surface area (Å²) < 4.78 is 20.3. The van der Waals surface area contributed by atoms with Crippen LogP contribution in [0, 0.1) is 6.92 Å². The van der Waals surface area contributed by atoms with Crippen molar-refractivity contribution in [2.75, 3.05) is 26.4 Å². The van der Waals surface area contributed by atoms with E-state index in [1.54, 1.807) is 18.5 Å². The van der Waals surface area contributed by atoms with Crippen LogP contribution in [-0.2, 0) is 32.6 Å². The topological polar surface area (TPSA) is 117 Å². The standard InChI is InChI=1S/C28H36N4O6/c1-17-12-20(15-31(3)27(17)34)26-30-23-13-19(4-5-24(23)32(26)21-6-9-36-10-7-21)14-29-25(18(2)33)28(35)38-22-8-11-37-16-22/h4-5,12-13,15,18,21-22,25,29,33H,6-11,14,16H2,1-3H3. The zero-order valence-electron chi connectivity index (χ0n) is 22.2. The lowest BCUT2D eigenvalue weighted by molar-refractivity contribution is -0.154. The number of ether oxygens (including phenoxy) is 3. The number of benzene rings is 1. The molecule has 0 radical (unpaired) electrons. The highest BCUT2D eigenvalue weighted by Gasteiger charge is 2.29. The summed E-state index contributed by atoms with van der Waals surface area (Å²) in [7, 11) is 1.76. The van der Waals surface area contributed by atoms with Gasteiger partial charge in [-0.15, -0.1) is 0 Å². The van der Waals surface area contributed by atoms with Crippen LogP contribution in [0.4, 0.5) is 0 Å². The van der Waals surface area contributed by atoms with Crippen LogP contribution in [0.15, 0.2) is 35.3 Å². The van der Waals surface area contributed by atoms with Crippen molar-refractivity contribution < 1.29 is 24.1 Å². The number of imidazole rings is 1. The monoisotopic (exact) mass is 524 g/mol. The third-order valence-electron chi connectivity index (χ3n) is 7.36. The molecule has 2 saturated heterocycles. The first kappa shape index (κ1) is 26.6. The smallest absolute Gasteiger partial charge is 0.326 e. The Morgan fingerprint density at radius 1 is 1.21 bits per heavy atom. The molecule has 38 heavy (non-hydrogen) atoms. The fourth-order valence-corrected chi connectivity index (χ4v) is 5.29. The highest BCUT2D eigenvalue weighted by atomic mass is 16.6. The van der Waals surface area contributed by atoms with Crippen LogP contribution in [-0.4, -0.2) is 69.9 Å². The van der Waals surface area contributed by atoms with E-state index in [1.165, 1.54) is 0 Å². The molecule has 5 rings (SSSR count). The molecule has 1 aromatic carbocycles. The zero-order chi connectivity index (χ0) is 26.8. The molecule has 3 unspecified atom stereocenters. The maximum atomic E-state index is 12.7. The molecule has 10 heteroatoms. The van der Waals surface area contributed by atoms with E-state index < -0.39 is 18.1 Å². The first-order valence-electron chi connectivity index (χ1n) is 13.3.